The Bertz CT molecular complexity index is 818. The number of amides is 2. The first kappa shape index (κ1) is 25.5. The Morgan fingerprint density at radius 2 is 1.79 bits per heavy atom. The lowest BCUT2D eigenvalue weighted by molar-refractivity contribution is -0.146. The molecule has 8 nitrogen and oxygen atoms in total. The highest BCUT2D eigenvalue weighted by Crippen LogP contribution is 2.27. The number of hydrogen-bond acceptors (Lipinski definition) is 7. The van der Waals surface area contributed by atoms with Crippen LogP contribution in [0.1, 0.15) is 80.4 Å². The Hall–Kier alpha value is -2.16. The van der Waals surface area contributed by atoms with E-state index in [1.165, 1.54) is 18.4 Å². The molecule has 3 rings (SSSR count). The highest BCUT2D eigenvalue weighted by molar-refractivity contribution is 7.13. The van der Waals surface area contributed by atoms with E-state index in [9.17, 15) is 14.4 Å². The topological polar surface area (TPSA) is 97.8 Å². The summed E-state index contributed by atoms with van der Waals surface area (Å²) in [6.07, 6.45) is 8.30. The second kappa shape index (κ2) is 11.3. The molecule has 0 unspecified atom stereocenters. The van der Waals surface area contributed by atoms with Crippen molar-refractivity contribution in [2.45, 2.75) is 83.8 Å². The average molecular weight is 480 g/mol. The predicted molar refractivity (Wildman–Crippen MR) is 126 cm³/mol. The van der Waals surface area contributed by atoms with E-state index in [0.29, 0.717) is 10.8 Å². The van der Waals surface area contributed by atoms with Crippen molar-refractivity contribution < 1.29 is 23.9 Å². The highest BCUT2D eigenvalue weighted by atomic mass is 32.1. The number of aryl methyl sites for hydroxylation is 1. The molecule has 1 saturated heterocycles. The summed E-state index contributed by atoms with van der Waals surface area (Å²) in [5.41, 5.74) is -0.467. The molecule has 0 spiro atoms. The fourth-order valence-corrected chi connectivity index (χ4v) is 5.32. The maximum absolute atomic E-state index is 12.6. The van der Waals surface area contributed by atoms with E-state index in [0.717, 1.165) is 69.5 Å². The van der Waals surface area contributed by atoms with Gasteiger partial charge in [0, 0.05) is 19.1 Å². The van der Waals surface area contributed by atoms with E-state index in [1.807, 2.05) is 20.8 Å². The number of hydrogen-bond donors (Lipinski definition) is 1. The number of ether oxygens (including phenoxy) is 2. The number of nitrogens with zero attached hydrogens (tertiary/aromatic N) is 2. The van der Waals surface area contributed by atoms with Gasteiger partial charge in [-0.3, -0.25) is 9.59 Å². The van der Waals surface area contributed by atoms with Gasteiger partial charge in [0.25, 0.3) is 5.91 Å². The molecule has 2 aliphatic rings. The molecule has 1 aliphatic heterocycles. The minimum atomic E-state index is -0.467. The predicted octanol–water partition coefficient (Wildman–Crippen LogP) is 4.18. The number of esters is 1. The Balaban J connectivity index is 1.38. The summed E-state index contributed by atoms with van der Waals surface area (Å²) in [5.74, 6) is 0.275. The molecule has 2 amide bonds. The summed E-state index contributed by atoms with van der Waals surface area (Å²) in [4.78, 5) is 43.4. The van der Waals surface area contributed by atoms with Crippen LogP contribution in [0.2, 0.25) is 0 Å². The van der Waals surface area contributed by atoms with Crippen molar-refractivity contribution in [3.63, 3.8) is 0 Å². The first-order chi connectivity index (χ1) is 15.6. The number of likely N-dealkylation sites (tertiary alicyclic amines) is 1. The largest absolute Gasteiger partial charge is 0.469 e. The molecule has 1 aromatic heterocycles. The lowest BCUT2D eigenvalue weighted by Gasteiger charge is -2.33. The molecule has 33 heavy (non-hydrogen) atoms. The number of rotatable bonds is 6. The number of nitrogens with one attached hydrogen (secondary N) is 1. The van der Waals surface area contributed by atoms with E-state index >= 15 is 0 Å². The third-order valence-electron chi connectivity index (χ3n) is 6.41. The summed E-state index contributed by atoms with van der Waals surface area (Å²) >= 11 is 1.46. The van der Waals surface area contributed by atoms with Crippen LogP contribution in [0.15, 0.2) is 6.20 Å². The van der Waals surface area contributed by atoms with Gasteiger partial charge in [-0.2, -0.15) is 0 Å². The normalized spacial score (nSPS) is 22.0. The summed E-state index contributed by atoms with van der Waals surface area (Å²) in [7, 11) is 1.42. The third kappa shape index (κ3) is 7.69. The SMILES string of the molecule is COC(=O)C1CCC(NC(=O)c2cnc(CCC3CCN(C(=O)OC(C)(C)C)CC3)s2)CC1. The van der Waals surface area contributed by atoms with Crippen molar-refractivity contribution in [1.29, 1.82) is 0 Å². The highest BCUT2D eigenvalue weighted by Gasteiger charge is 2.29. The van der Waals surface area contributed by atoms with Crippen molar-refractivity contribution in [3.8, 4) is 0 Å². The number of piperidine rings is 1. The number of aromatic nitrogens is 1. The van der Waals surface area contributed by atoms with E-state index in [-0.39, 0.29) is 29.9 Å². The molecule has 2 heterocycles. The number of carbonyl (C=O) groups is 3. The molecule has 0 radical (unpaired) electrons. The molecule has 1 aliphatic carbocycles. The Kier molecular flexibility index (Phi) is 8.73. The second-order valence-electron chi connectivity index (χ2n) is 10.1. The number of carbonyl (C=O) groups excluding carboxylic acids is 3. The molecule has 1 aromatic rings. The fourth-order valence-electron chi connectivity index (χ4n) is 4.49. The smallest absolute Gasteiger partial charge is 0.410 e. The van der Waals surface area contributed by atoms with Crippen LogP contribution in [0.25, 0.3) is 0 Å². The van der Waals surface area contributed by atoms with Gasteiger partial charge in [0.2, 0.25) is 0 Å². The molecule has 184 valence electrons. The Labute approximate surface area is 200 Å². The zero-order chi connectivity index (χ0) is 24.0. The summed E-state index contributed by atoms with van der Waals surface area (Å²) < 4.78 is 10.3. The third-order valence-corrected chi connectivity index (χ3v) is 7.46. The van der Waals surface area contributed by atoms with Crippen molar-refractivity contribution in [2.75, 3.05) is 20.2 Å². The quantitative estimate of drug-likeness (QED) is 0.615. The Morgan fingerprint density at radius 3 is 2.39 bits per heavy atom. The van der Waals surface area contributed by atoms with Crippen LogP contribution in [-0.4, -0.2) is 59.7 Å². The van der Waals surface area contributed by atoms with Crippen LogP contribution < -0.4 is 5.32 Å². The number of methoxy groups -OCH3 is 1. The maximum atomic E-state index is 12.6. The molecule has 1 saturated carbocycles. The monoisotopic (exact) mass is 479 g/mol. The van der Waals surface area contributed by atoms with E-state index in [4.69, 9.17) is 9.47 Å². The van der Waals surface area contributed by atoms with Gasteiger partial charge < -0.3 is 19.7 Å². The Morgan fingerprint density at radius 1 is 1.12 bits per heavy atom. The molecular formula is C24H37N3O5S. The van der Waals surface area contributed by atoms with E-state index < -0.39 is 5.60 Å². The van der Waals surface area contributed by atoms with Crippen LogP contribution in [-0.2, 0) is 20.7 Å². The van der Waals surface area contributed by atoms with Crippen LogP contribution in [0.5, 0.6) is 0 Å². The zero-order valence-corrected chi connectivity index (χ0v) is 21.0. The van der Waals surface area contributed by atoms with Gasteiger partial charge in [-0.15, -0.1) is 11.3 Å². The lowest BCUT2D eigenvalue weighted by Crippen LogP contribution is -2.41. The van der Waals surface area contributed by atoms with Crippen molar-refractivity contribution in [3.05, 3.63) is 16.1 Å². The minimum absolute atomic E-state index is 0.0471. The number of thiazole rings is 1. The van der Waals surface area contributed by atoms with Crippen LogP contribution in [0, 0.1) is 11.8 Å². The lowest BCUT2D eigenvalue weighted by atomic mass is 9.86. The van der Waals surface area contributed by atoms with Gasteiger partial charge in [-0.05, 0) is 78.1 Å². The van der Waals surface area contributed by atoms with Crippen molar-refractivity contribution in [1.82, 2.24) is 15.2 Å². The van der Waals surface area contributed by atoms with Crippen molar-refractivity contribution >= 4 is 29.3 Å². The zero-order valence-electron chi connectivity index (χ0n) is 20.2. The molecule has 0 aromatic carbocycles. The summed E-state index contributed by atoms with van der Waals surface area (Å²) in [6.45, 7) is 7.11. The minimum Gasteiger partial charge on any atom is -0.469 e. The first-order valence-electron chi connectivity index (χ1n) is 12.0. The van der Waals surface area contributed by atoms with Gasteiger partial charge >= 0.3 is 12.1 Å². The average Bonchev–Trinajstić information content (AvgIpc) is 3.26. The van der Waals surface area contributed by atoms with Crippen LogP contribution in [0.4, 0.5) is 4.79 Å². The molecule has 0 atom stereocenters. The van der Waals surface area contributed by atoms with Gasteiger partial charge in [-0.1, -0.05) is 0 Å². The molecular weight excluding hydrogens is 442 g/mol. The van der Waals surface area contributed by atoms with Crippen LogP contribution in [0.3, 0.4) is 0 Å². The van der Waals surface area contributed by atoms with Gasteiger partial charge in [0.15, 0.2) is 0 Å². The van der Waals surface area contributed by atoms with Gasteiger partial charge in [-0.25, -0.2) is 9.78 Å². The summed E-state index contributed by atoms with van der Waals surface area (Å²) in [6, 6.07) is 0.0964. The van der Waals surface area contributed by atoms with Gasteiger partial charge in [0.05, 0.1) is 24.2 Å². The maximum Gasteiger partial charge on any atom is 0.410 e. The first-order valence-corrected chi connectivity index (χ1v) is 12.8. The molecule has 0 bridgehead atoms. The van der Waals surface area contributed by atoms with E-state index in [2.05, 4.69) is 10.3 Å². The second-order valence-corrected chi connectivity index (χ2v) is 11.2. The fraction of sp³-hybridized carbons (Fsp3) is 0.750. The standard InChI is InChI=1S/C24H37N3O5S/c1-24(2,3)32-23(30)27-13-11-16(12-14-27)5-10-20-25-15-19(33-20)21(28)26-18-8-6-17(7-9-18)22(29)31-4/h15-18H,5-14H2,1-4H3,(H,26,28). The van der Waals surface area contributed by atoms with Gasteiger partial charge in [0.1, 0.15) is 10.5 Å². The molecule has 1 N–H and O–H groups in total. The molecule has 9 heteroatoms. The van der Waals surface area contributed by atoms with Crippen molar-refractivity contribution in [2.24, 2.45) is 11.8 Å². The van der Waals surface area contributed by atoms with Crippen LogP contribution >= 0.6 is 11.3 Å². The van der Waals surface area contributed by atoms with E-state index in [1.54, 1.807) is 11.1 Å². The molecule has 2 fully saturated rings. The summed E-state index contributed by atoms with van der Waals surface area (Å²) in [5, 5.41) is 4.07.